The van der Waals surface area contributed by atoms with E-state index in [4.69, 9.17) is 11.8 Å². The molecule has 44 heavy (non-hydrogen) atoms. The van der Waals surface area contributed by atoms with Gasteiger partial charge in [-0.2, -0.15) is 9.56 Å². The number of carbonyl (C=O) groups is 1. The number of carbonyl (C=O) groups excluding carboxylic acids is 1. The number of non-ortho nitro benzene ring substituents is 1. The van der Waals surface area contributed by atoms with Crippen LogP contribution in [0.15, 0.2) is 60.8 Å². The van der Waals surface area contributed by atoms with Crippen LogP contribution < -0.4 is 21.5 Å². The molecule has 234 valence electrons. The first kappa shape index (κ1) is 33.1. The Morgan fingerprint density at radius 2 is 1.59 bits per heavy atom. The van der Waals surface area contributed by atoms with Gasteiger partial charge in [-0.3, -0.25) is 20.3 Å². The lowest BCUT2D eigenvalue weighted by Gasteiger charge is -2.38. The summed E-state index contributed by atoms with van der Waals surface area (Å²) in [6.45, 7) is 0. The number of halogens is 4. The Balaban J connectivity index is 1.59. The van der Waals surface area contributed by atoms with Crippen molar-refractivity contribution in [3.8, 4) is 0 Å². The topological polar surface area (TPSA) is 103 Å². The second kappa shape index (κ2) is 14.3. The van der Waals surface area contributed by atoms with Gasteiger partial charge in [0.05, 0.1) is 4.92 Å². The predicted octanol–water partition coefficient (Wildman–Crippen LogP) is 6.21. The van der Waals surface area contributed by atoms with Crippen LogP contribution in [0.25, 0.3) is 6.08 Å². The van der Waals surface area contributed by atoms with Crippen LogP contribution in [-0.2, 0) is 11.8 Å². The van der Waals surface area contributed by atoms with E-state index in [-0.39, 0.29) is 11.7 Å². The van der Waals surface area contributed by atoms with E-state index >= 15 is 17.6 Å². The lowest BCUT2D eigenvalue weighted by atomic mass is 9.95. The van der Waals surface area contributed by atoms with Gasteiger partial charge in [-0.05, 0) is 24.5 Å². The summed E-state index contributed by atoms with van der Waals surface area (Å²) < 4.78 is 63.0. The molecule has 0 aromatic heterocycles. The van der Waals surface area contributed by atoms with Gasteiger partial charge in [0.1, 0.15) is 17.6 Å². The summed E-state index contributed by atoms with van der Waals surface area (Å²) in [6.07, 6.45) is 3.63. The third-order valence-electron chi connectivity index (χ3n) is 7.23. The largest absolute Gasteiger partial charge is 0.377 e. The van der Waals surface area contributed by atoms with Gasteiger partial charge in [0.25, 0.3) is 11.6 Å². The fourth-order valence-corrected chi connectivity index (χ4v) is 7.65. The maximum absolute atomic E-state index is 15.2. The van der Waals surface area contributed by atoms with Crippen LogP contribution in [0.2, 0.25) is 0 Å². The molecule has 3 aromatic carbocycles. The molecular formula is C29H31F4N6O3PS. The van der Waals surface area contributed by atoms with E-state index in [9.17, 15) is 14.9 Å². The third-order valence-corrected chi connectivity index (χ3v) is 12.1. The molecule has 1 atom stereocenters. The Morgan fingerprint density at radius 3 is 2.20 bits per heavy atom. The second-order valence-corrected chi connectivity index (χ2v) is 14.5. The number of hydrazine groups is 2. The van der Waals surface area contributed by atoms with Crippen molar-refractivity contribution in [2.45, 2.75) is 38.1 Å². The fourth-order valence-electron chi connectivity index (χ4n) is 4.91. The number of nitro groups is 1. The monoisotopic (exact) mass is 650 g/mol. The zero-order valence-corrected chi connectivity index (χ0v) is 25.6. The molecule has 1 amide bonds. The molecule has 0 bridgehead atoms. The van der Waals surface area contributed by atoms with Gasteiger partial charge >= 0.3 is 0 Å². The average molecular weight is 651 g/mol. The highest BCUT2D eigenvalue weighted by Gasteiger charge is 2.35. The summed E-state index contributed by atoms with van der Waals surface area (Å²) in [5, 5.41) is 14.2. The minimum absolute atomic E-state index is 0.0949. The van der Waals surface area contributed by atoms with E-state index in [0.717, 1.165) is 24.0 Å². The van der Waals surface area contributed by atoms with Crippen molar-refractivity contribution < 1.29 is 27.3 Å². The summed E-state index contributed by atoms with van der Waals surface area (Å²) >= 11 is 6.01. The van der Waals surface area contributed by atoms with Crippen molar-refractivity contribution in [1.29, 1.82) is 0 Å². The zero-order valence-electron chi connectivity index (χ0n) is 23.9. The van der Waals surface area contributed by atoms with E-state index in [2.05, 4.69) is 16.2 Å². The average Bonchev–Trinajstić information content (AvgIpc) is 3.02. The SMILES string of the molecule is CN(N/C=C/c1cccc([N+](=O)[O-])c1)P(=S)(c1ccccc1)N(C)NC(=O)c1c(F)c(F)c(NC2CCCCC2)c(F)c1F. The zero-order chi connectivity index (χ0) is 32.0. The molecule has 4 rings (SSSR count). The first-order chi connectivity index (χ1) is 20.9. The highest BCUT2D eigenvalue weighted by atomic mass is 32.4. The molecule has 1 fully saturated rings. The third kappa shape index (κ3) is 7.10. The van der Waals surface area contributed by atoms with Crippen molar-refractivity contribution in [2.24, 2.45) is 0 Å². The van der Waals surface area contributed by atoms with E-state index in [0.29, 0.717) is 23.7 Å². The van der Waals surface area contributed by atoms with Gasteiger partial charge in [-0.1, -0.05) is 73.5 Å². The predicted molar refractivity (Wildman–Crippen MR) is 165 cm³/mol. The summed E-state index contributed by atoms with van der Waals surface area (Å²) in [4.78, 5) is 23.7. The summed E-state index contributed by atoms with van der Waals surface area (Å²) in [6, 6.07) is 14.1. The molecule has 0 radical (unpaired) electrons. The molecule has 1 unspecified atom stereocenters. The van der Waals surface area contributed by atoms with E-state index in [1.165, 1.54) is 36.2 Å². The Labute approximate surface area is 257 Å². The molecule has 0 saturated heterocycles. The van der Waals surface area contributed by atoms with Gasteiger partial charge in [0.2, 0.25) is 0 Å². The van der Waals surface area contributed by atoms with Gasteiger partial charge in [-0.25, -0.2) is 17.6 Å². The second-order valence-electron chi connectivity index (χ2n) is 10.2. The molecule has 9 nitrogen and oxygen atoms in total. The number of amides is 1. The number of anilines is 1. The standard InChI is InChI=1S/C29H31F4N6O3PS/c1-37(34-17-16-19-10-9-13-21(18-19)39(41)42)43(44,22-14-7-4-8-15-22)38(2)36-29(40)23-24(30)26(32)28(27(33)25(23)31)35-20-11-5-3-6-12-20/h4,7-10,13-18,20,34-35H,3,5-6,11-12H2,1-2H3,(H,36,40)/b17-16+. The van der Waals surface area contributed by atoms with Crippen molar-refractivity contribution in [3.05, 3.63) is 105 Å². The number of nitro benzene ring substituents is 1. The number of benzene rings is 3. The number of hydrogen-bond donors (Lipinski definition) is 3. The van der Waals surface area contributed by atoms with Crippen LogP contribution in [0.1, 0.15) is 48.0 Å². The van der Waals surface area contributed by atoms with Gasteiger partial charge in [-0.15, -0.1) is 0 Å². The Morgan fingerprint density at radius 1 is 0.955 bits per heavy atom. The highest BCUT2D eigenvalue weighted by Crippen LogP contribution is 2.48. The molecule has 1 aliphatic carbocycles. The molecule has 1 aliphatic rings. The molecular weight excluding hydrogens is 619 g/mol. The van der Waals surface area contributed by atoms with E-state index in [1.807, 2.05) is 0 Å². The van der Waals surface area contributed by atoms with Crippen LogP contribution in [0.3, 0.4) is 0 Å². The lowest BCUT2D eigenvalue weighted by molar-refractivity contribution is -0.384. The normalized spacial score (nSPS) is 15.4. The summed E-state index contributed by atoms with van der Waals surface area (Å²) in [5.41, 5.74) is 3.33. The first-order valence-corrected chi connectivity index (χ1v) is 16.4. The van der Waals surface area contributed by atoms with Gasteiger partial charge in [0, 0.05) is 43.8 Å². The highest BCUT2D eigenvalue weighted by molar-refractivity contribution is 8.15. The smallest absolute Gasteiger partial charge is 0.272 e. The molecule has 15 heteroatoms. The lowest BCUT2D eigenvalue weighted by Crippen LogP contribution is -2.46. The minimum atomic E-state index is -3.21. The number of hydrogen-bond acceptors (Lipinski definition) is 6. The van der Waals surface area contributed by atoms with E-state index < -0.39 is 51.7 Å². The van der Waals surface area contributed by atoms with E-state index in [1.54, 1.807) is 49.5 Å². The maximum atomic E-state index is 15.2. The quantitative estimate of drug-likeness (QED) is 0.0740. The van der Waals surface area contributed by atoms with Crippen LogP contribution in [-0.4, -0.2) is 40.5 Å². The Kier molecular flexibility index (Phi) is 10.7. The number of rotatable bonds is 11. The summed E-state index contributed by atoms with van der Waals surface area (Å²) in [7, 11) is 2.94. The first-order valence-electron chi connectivity index (χ1n) is 13.7. The van der Waals surface area contributed by atoms with Crippen LogP contribution in [0.4, 0.5) is 28.9 Å². The van der Waals surface area contributed by atoms with Crippen LogP contribution in [0.5, 0.6) is 0 Å². The van der Waals surface area contributed by atoms with Crippen molar-refractivity contribution >= 4 is 46.8 Å². The molecule has 1 saturated carbocycles. The molecule has 0 spiro atoms. The molecule has 0 heterocycles. The minimum Gasteiger partial charge on any atom is -0.377 e. The molecule has 3 N–H and O–H groups in total. The fraction of sp³-hybridized carbons (Fsp3) is 0.276. The number of nitrogens with one attached hydrogen (secondary N) is 3. The van der Waals surface area contributed by atoms with Crippen LogP contribution in [0, 0.1) is 33.4 Å². The molecule has 0 aliphatic heterocycles. The summed E-state index contributed by atoms with van der Waals surface area (Å²) in [5.74, 6) is -8.46. The van der Waals surface area contributed by atoms with Crippen molar-refractivity contribution in [2.75, 3.05) is 19.4 Å². The van der Waals surface area contributed by atoms with Crippen molar-refractivity contribution in [1.82, 2.24) is 20.4 Å². The number of nitrogens with zero attached hydrogens (tertiary/aromatic N) is 3. The van der Waals surface area contributed by atoms with Gasteiger partial charge < -0.3 is 10.7 Å². The maximum Gasteiger partial charge on any atom is 0.272 e. The van der Waals surface area contributed by atoms with Gasteiger partial charge in [0.15, 0.2) is 23.3 Å². The van der Waals surface area contributed by atoms with Crippen LogP contribution >= 0.6 is 6.34 Å². The Bertz CT molecular complexity index is 1580. The Hall–Kier alpha value is -3.84. The van der Waals surface area contributed by atoms with Crippen molar-refractivity contribution in [3.63, 3.8) is 0 Å². The molecule has 3 aromatic rings.